The molecule has 1 aromatic heterocycles. The number of rotatable bonds is 5. The fourth-order valence-electron chi connectivity index (χ4n) is 3.69. The van der Waals surface area contributed by atoms with Gasteiger partial charge in [-0.15, -0.1) is 0 Å². The smallest absolute Gasteiger partial charge is 0.295 e. The molecule has 162 valence electrons. The topological polar surface area (TPSA) is 79.7 Å². The first-order chi connectivity index (χ1) is 15.4. The first-order valence-electron chi connectivity index (χ1n) is 9.67. The molecule has 1 aliphatic heterocycles. The average molecular weight is 453 g/mol. The number of carbonyl (C=O) groups excluding carboxylic acids is 2. The molecule has 2 heterocycles. The van der Waals surface area contributed by atoms with Crippen molar-refractivity contribution in [3.8, 4) is 5.75 Å². The number of ether oxygens (including phenoxy) is 1. The fraction of sp³-hybridized carbons (Fsp3) is 0.125. The molecular weight excluding hydrogens is 435 g/mol. The van der Waals surface area contributed by atoms with E-state index in [4.69, 9.17) is 16.3 Å². The number of pyridine rings is 1. The van der Waals surface area contributed by atoms with Gasteiger partial charge in [-0.05, 0) is 47.5 Å². The average Bonchev–Trinajstić information content (AvgIpc) is 3.04. The molecule has 6 nitrogen and oxygen atoms in total. The minimum atomic E-state index is -0.891. The van der Waals surface area contributed by atoms with Gasteiger partial charge in [-0.25, -0.2) is 4.39 Å². The van der Waals surface area contributed by atoms with E-state index in [0.29, 0.717) is 16.1 Å². The van der Waals surface area contributed by atoms with E-state index >= 15 is 0 Å². The highest BCUT2D eigenvalue weighted by molar-refractivity contribution is 6.46. The van der Waals surface area contributed by atoms with Crippen LogP contribution < -0.4 is 4.74 Å². The molecule has 1 unspecified atom stereocenters. The Bertz CT molecular complexity index is 1210. The molecule has 4 rings (SSSR count). The van der Waals surface area contributed by atoms with Gasteiger partial charge in [-0.1, -0.05) is 29.8 Å². The van der Waals surface area contributed by atoms with Crippen LogP contribution in [0.5, 0.6) is 5.75 Å². The van der Waals surface area contributed by atoms with Gasteiger partial charge < -0.3 is 14.7 Å². The zero-order valence-electron chi connectivity index (χ0n) is 17.0. The highest BCUT2D eigenvalue weighted by Crippen LogP contribution is 2.40. The van der Waals surface area contributed by atoms with Gasteiger partial charge in [0, 0.05) is 29.5 Å². The van der Waals surface area contributed by atoms with E-state index in [2.05, 4.69) is 4.98 Å². The summed E-state index contributed by atoms with van der Waals surface area (Å²) < 4.78 is 19.2. The highest BCUT2D eigenvalue weighted by Gasteiger charge is 2.46. The maximum atomic E-state index is 14.3. The molecule has 3 aromatic rings. The second-order valence-electron chi connectivity index (χ2n) is 7.19. The molecule has 1 atom stereocenters. The summed E-state index contributed by atoms with van der Waals surface area (Å²) in [4.78, 5) is 31.4. The van der Waals surface area contributed by atoms with Crippen LogP contribution in [0.3, 0.4) is 0 Å². The normalized spacial score (nSPS) is 17.6. The van der Waals surface area contributed by atoms with E-state index in [0.717, 1.165) is 6.07 Å². The van der Waals surface area contributed by atoms with E-state index in [1.807, 2.05) is 0 Å². The third-order valence-electron chi connectivity index (χ3n) is 5.23. The Morgan fingerprint density at radius 2 is 1.94 bits per heavy atom. The van der Waals surface area contributed by atoms with Crippen molar-refractivity contribution in [2.75, 3.05) is 7.11 Å². The number of Topliss-reactive ketones (excluding diaryl/α,β-unsaturated/α-hetero) is 1. The molecule has 1 amide bonds. The van der Waals surface area contributed by atoms with Crippen LogP contribution in [0.4, 0.5) is 4.39 Å². The molecule has 1 fully saturated rings. The van der Waals surface area contributed by atoms with Crippen molar-refractivity contribution in [2.45, 2.75) is 12.6 Å². The predicted octanol–water partition coefficient (Wildman–Crippen LogP) is 4.50. The number of likely N-dealkylation sites (tertiary alicyclic amines) is 1. The number of aliphatic hydroxyl groups excluding tert-OH is 1. The number of ketones is 1. The Hall–Kier alpha value is -3.71. The number of carbonyl (C=O) groups is 2. The molecule has 8 heteroatoms. The number of hydrogen-bond acceptors (Lipinski definition) is 5. The number of halogens is 2. The van der Waals surface area contributed by atoms with E-state index in [9.17, 15) is 19.1 Å². The summed E-state index contributed by atoms with van der Waals surface area (Å²) in [6.45, 7) is 0.0967. The second-order valence-corrected chi connectivity index (χ2v) is 7.63. The van der Waals surface area contributed by atoms with Crippen molar-refractivity contribution in [1.29, 1.82) is 0 Å². The summed E-state index contributed by atoms with van der Waals surface area (Å²) >= 11 is 6.01. The summed E-state index contributed by atoms with van der Waals surface area (Å²) in [5.74, 6) is -2.82. The van der Waals surface area contributed by atoms with Crippen LogP contribution in [0.25, 0.3) is 5.76 Å². The quantitative estimate of drug-likeness (QED) is 0.350. The standard InChI is InChI=1S/C24H18ClFN2O4/c1-32-19-9-6-16(11-18(19)26)22(29)20-21(15-4-7-17(25)8-5-15)28(24(31)23(20)30)13-14-3-2-10-27-12-14/h2-12,21,29H,13H2,1H3. The number of aliphatic hydroxyl groups is 1. The Morgan fingerprint density at radius 3 is 2.56 bits per heavy atom. The predicted molar refractivity (Wildman–Crippen MR) is 116 cm³/mol. The molecule has 2 aromatic carbocycles. The second kappa shape index (κ2) is 8.80. The number of aromatic nitrogens is 1. The summed E-state index contributed by atoms with van der Waals surface area (Å²) in [5, 5.41) is 11.5. The monoisotopic (exact) mass is 452 g/mol. The van der Waals surface area contributed by atoms with Gasteiger partial charge in [0.15, 0.2) is 11.6 Å². The van der Waals surface area contributed by atoms with Crippen molar-refractivity contribution >= 4 is 29.1 Å². The molecule has 0 saturated carbocycles. The molecule has 1 saturated heterocycles. The molecule has 32 heavy (non-hydrogen) atoms. The Labute approximate surface area is 188 Å². The van der Waals surface area contributed by atoms with E-state index in [-0.39, 0.29) is 23.4 Å². The van der Waals surface area contributed by atoms with E-state index in [1.54, 1.807) is 48.8 Å². The van der Waals surface area contributed by atoms with Gasteiger partial charge in [0.25, 0.3) is 11.7 Å². The lowest BCUT2D eigenvalue weighted by Gasteiger charge is -2.25. The number of benzene rings is 2. The van der Waals surface area contributed by atoms with Crippen LogP contribution in [-0.4, -0.2) is 33.8 Å². The zero-order chi connectivity index (χ0) is 22.8. The summed E-state index contributed by atoms with van der Waals surface area (Å²) in [6, 6.07) is 13.1. The maximum absolute atomic E-state index is 14.3. The molecule has 0 spiro atoms. The highest BCUT2D eigenvalue weighted by atomic mass is 35.5. The molecule has 0 aliphatic carbocycles. The van der Waals surface area contributed by atoms with Crippen LogP contribution in [0.2, 0.25) is 5.02 Å². The van der Waals surface area contributed by atoms with Crippen LogP contribution in [-0.2, 0) is 16.1 Å². The van der Waals surface area contributed by atoms with Gasteiger partial charge in [0.2, 0.25) is 0 Å². The number of amides is 1. The van der Waals surface area contributed by atoms with Gasteiger partial charge >= 0.3 is 0 Å². The molecule has 1 aliphatic rings. The first-order valence-corrected chi connectivity index (χ1v) is 10.0. The van der Waals surface area contributed by atoms with Gasteiger partial charge in [-0.2, -0.15) is 0 Å². The first kappa shape index (κ1) is 21.5. The third-order valence-corrected chi connectivity index (χ3v) is 5.48. The van der Waals surface area contributed by atoms with Crippen molar-refractivity contribution in [3.05, 3.63) is 100 Å². The van der Waals surface area contributed by atoms with E-state index < -0.39 is 29.3 Å². The number of nitrogens with zero attached hydrogens (tertiary/aromatic N) is 2. The van der Waals surface area contributed by atoms with Crippen molar-refractivity contribution < 1.29 is 23.8 Å². The van der Waals surface area contributed by atoms with Crippen molar-refractivity contribution in [2.24, 2.45) is 0 Å². The third kappa shape index (κ3) is 3.94. The number of methoxy groups -OCH3 is 1. The minimum Gasteiger partial charge on any atom is -0.507 e. The lowest BCUT2D eigenvalue weighted by Crippen LogP contribution is -2.29. The summed E-state index contributed by atoms with van der Waals surface area (Å²) in [5.41, 5.74) is 1.21. The van der Waals surface area contributed by atoms with Crippen LogP contribution in [0.15, 0.2) is 72.6 Å². The van der Waals surface area contributed by atoms with Crippen LogP contribution in [0.1, 0.15) is 22.7 Å². The molecule has 0 bridgehead atoms. The van der Waals surface area contributed by atoms with Crippen molar-refractivity contribution in [3.63, 3.8) is 0 Å². The maximum Gasteiger partial charge on any atom is 0.295 e. The zero-order valence-corrected chi connectivity index (χ0v) is 17.7. The van der Waals surface area contributed by atoms with Gasteiger partial charge in [-0.3, -0.25) is 14.6 Å². The Morgan fingerprint density at radius 1 is 1.19 bits per heavy atom. The lowest BCUT2D eigenvalue weighted by molar-refractivity contribution is -0.140. The SMILES string of the molecule is COc1ccc(C(O)=C2C(=O)C(=O)N(Cc3cccnc3)C2c2ccc(Cl)cc2)cc1F. The lowest BCUT2D eigenvalue weighted by atomic mass is 9.95. The van der Waals surface area contributed by atoms with E-state index in [1.165, 1.54) is 24.1 Å². The molecule has 0 radical (unpaired) electrons. The van der Waals surface area contributed by atoms with Crippen LogP contribution >= 0.6 is 11.6 Å². The van der Waals surface area contributed by atoms with Gasteiger partial charge in [0.05, 0.1) is 18.7 Å². The van der Waals surface area contributed by atoms with Gasteiger partial charge in [0.1, 0.15) is 5.76 Å². The molecular formula is C24H18ClFN2O4. The largest absolute Gasteiger partial charge is 0.507 e. The van der Waals surface area contributed by atoms with Crippen molar-refractivity contribution in [1.82, 2.24) is 9.88 Å². The van der Waals surface area contributed by atoms with Crippen LogP contribution in [0, 0.1) is 5.82 Å². The minimum absolute atomic E-state index is 0.00664. The summed E-state index contributed by atoms with van der Waals surface area (Å²) in [6.07, 6.45) is 3.20. The Balaban J connectivity index is 1.86. The molecule has 1 N–H and O–H groups in total. The Kier molecular flexibility index (Phi) is 5.92. The number of hydrogen-bond donors (Lipinski definition) is 1. The fourth-order valence-corrected chi connectivity index (χ4v) is 3.82. The summed E-state index contributed by atoms with van der Waals surface area (Å²) in [7, 11) is 1.32.